The normalized spacial score (nSPS) is 16.5. The van der Waals surface area contributed by atoms with Gasteiger partial charge in [-0.3, -0.25) is 4.98 Å². The predicted octanol–water partition coefficient (Wildman–Crippen LogP) is 3.68. The van der Waals surface area contributed by atoms with Gasteiger partial charge in [-0.15, -0.1) is 0 Å². The first-order valence-electron chi connectivity index (χ1n) is 7.29. The number of nitrogens with zero attached hydrogens (tertiary/aromatic N) is 2. The van der Waals surface area contributed by atoms with Crippen LogP contribution in [0.2, 0.25) is 0 Å². The van der Waals surface area contributed by atoms with Crippen molar-refractivity contribution >= 4 is 23.6 Å². The molecule has 112 valence electrons. The lowest BCUT2D eigenvalue weighted by Gasteiger charge is -2.21. The number of guanidine groups is 1. The SMILES string of the molecule is Fc1cccnc1CNC1=NSc2cccc(C3CC3)c2N1. The van der Waals surface area contributed by atoms with E-state index in [1.807, 2.05) is 0 Å². The number of nitrogens with one attached hydrogen (secondary N) is 2. The Hall–Kier alpha value is -2.08. The van der Waals surface area contributed by atoms with Gasteiger partial charge in [0, 0.05) is 18.1 Å². The molecule has 0 amide bonds. The Bertz CT molecular complexity index is 743. The number of benzene rings is 1. The molecule has 4 nitrogen and oxygen atoms in total. The molecule has 0 radical (unpaired) electrons. The fraction of sp³-hybridized carbons (Fsp3) is 0.250. The number of halogens is 1. The molecular formula is C16H15FN4S. The Morgan fingerprint density at radius 1 is 1.27 bits per heavy atom. The molecule has 1 aliphatic heterocycles. The van der Waals surface area contributed by atoms with Crippen LogP contribution in [-0.4, -0.2) is 10.9 Å². The molecule has 1 fully saturated rings. The van der Waals surface area contributed by atoms with Crippen LogP contribution in [0.15, 0.2) is 45.8 Å². The van der Waals surface area contributed by atoms with Crippen molar-refractivity contribution < 1.29 is 4.39 Å². The summed E-state index contributed by atoms with van der Waals surface area (Å²) in [4.78, 5) is 5.17. The zero-order valence-electron chi connectivity index (χ0n) is 11.8. The second-order valence-corrected chi connectivity index (χ2v) is 6.24. The van der Waals surface area contributed by atoms with Crippen LogP contribution in [0.25, 0.3) is 0 Å². The minimum absolute atomic E-state index is 0.306. The van der Waals surface area contributed by atoms with Gasteiger partial charge in [0.05, 0.1) is 22.8 Å². The first-order chi connectivity index (χ1) is 10.8. The second-order valence-electron chi connectivity index (χ2n) is 5.44. The molecule has 0 spiro atoms. The summed E-state index contributed by atoms with van der Waals surface area (Å²) >= 11 is 1.44. The zero-order valence-corrected chi connectivity index (χ0v) is 12.7. The van der Waals surface area contributed by atoms with E-state index in [1.165, 1.54) is 36.4 Å². The molecule has 6 heteroatoms. The Kier molecular flexibility index (Phi) is 3.46. The smallest absolute Gasteiger partial charge is 0.208 e. The first-order valence-corrected chi connectivity index (χ1v) is 8.07. The summed E-state index contributed by atoms with van der Waals surface area (Å²) in [6.45, 7) is 0.306. The molecule has 0 unspecified atom stereocenters. The van der Waals surface area contributed by atoms with Gasteiger partial charge in [-0.2, -0.15) is 4.40 Å². The van der Waals surface area contributed by atoms with Crippen LogP contribution in [0.1, 0.15) is 30.0 Å². The van der Waals surface area contributed by atoms with E-state index in [-0.39, 0.29) is 5.82 Å². The molecule has 1 aliphatic carbocycles. The van der Waals surface area contributed by atoms with Crippen molar-refractivity contribution in [2.75, 3.05) is 5.32 Å². The molecule has 1 saturated carbocycles. The molecule has 1 aromatic carbocycles. The van der Waals surface area contributed by atoms with E-state index in [9.17, 15) is 4.39 Å². The van der Waals surface area contributed by atoms with E-state index in [2.05, 4.69) is 38.2 Å². The summed E-state index contributed by atoms with van der Waals surface area (Å²) in [6, 6.07) is 9.32. The Balaban J connectivity index is 1.49. The molecule has 4 rings (SSSR count). The maximum Gasteiger partial charge on any atom is 0.208 e. The van der Waals surface area contributed by atoms with Crippen molar-refractivity contribution in [2.24, 2.45) is 4.40 Å². The van der Waals surface area contributed by atoms with Crippen LogP contribution in [0.5, 0.6) is 0 Å². The second kappa shape index (κ2) is 5.61. The number of rotatable bonds is 3. The van der Waals surface area contributed by atoms with Crippen LogP contribution in [0, 0.1) is 5.82 Å². The van der Waals surface area contributed by atoms with E-state index in [1.54, 1.807) is 12.3 Å². The van der Waals surface area contributed by atoms with Gasteiger partial charge in [0.15, 0.2) is 0 Å². The van der Waals surface area contributed by atoms with Gasteiger partial charge in [-0.05, 0) is 42.5 Å². The molecule has 2 aliphatic rings. The highest BCUT2D eigenvalue weighted by Gasteiger charge is 2.28. The maximum atomic E-state index is 13.6. The van der Waals surface area contributed by atoms with Gasteiger partial charge in [0.2, 0.25) is 5.96 Å². The highest BCUT2D eigenvalue weighted by Crippen LogP contribution is 2.47. The predicted molar refractivity (Wildman–Crippen MR) is 86.4 cm³/mol. The van der Waals surface area contributed by atoms with Crippen molar-refractivity contribution in [2.45, 2.75) is 30.2 Å². The average Bonchev–Trinajstić information content (AvgIpc) is 3.38. The molecule has 22 heavy (non-hydrogen) atoms. The summed E-state index contributed by atoms with van der Waals surface area (Å²) in [5.41, 5.74) is 2.87. The third kappa shape index (κ3) is 2.66. The molecule has 0 bridgehead atoms. The molecule has 0 saturated heterocycles. The van der Waals surface area contributed by atoms with Crippen LogP contribution in [0.3, 0.4) is 0 Å². The van der Waals surface area contributed by atoms with E-state index < -0.39 is 0 Å². The third-order valence-electron chi connectivity index (χ3n) is 3.81. The van der Waals surface area contributed by atoms with Crippen molar-refractivity contribution in [3.63, 3.8) is 0 Å². The fourth-order valence-corrected chi connectivity index (χ4v) is 3.22. The lowest BCUT2D eigenvalue weighted by molar-refractivity contribution is 0.594. The highest BCUT2D eigenvalue weighted by molar-refractivity contribution is 7.98. The van der Waals surface area contributed by atoms with Gasteiger partial charge in [0.25, 0.3) is 0 Å². The van der Waals surface area contributed by atoms with Gasteiger partial charge < -0.3 is 10.6 Å². The topological polar surface area (TPSA) is 49.3 Å². The van der Waals surface area contributed by atoms with Gasteiger partial charge in [-0.25, -0.2) is 4.39 Å². The Morgan fingerprint density at radius 3 is 3.00 bits per heavy atom. The molecule has 2 heterocycles. The summed E-state index contributed by atoms with van der Waals surface area (Å²) in [5, 5.41) is 6.47. The standard InChI is InChI=1S/C16H15FN4S/c17-12-4-2-8-18-13(12)9-19-16-20-15-11(10-6-7-10)3-1-5-14(15)22-21-16/h1-5,8,10H,6-7,9H2,(H2,19,20,21). The highest BCUT2D eigenvalue weighted by atomic mass is 32.2. The lowest BCUT2D eigenvalue weighted by Crippen LogP contribution is -2.32. The lowest BCUT2D eigenvalue weighted by atomic mass is 10.1. The van der Waals surface area contributed by atoms with Crippen LogP contribution >= 0.6 is 11.9 Å². The summed E-state index contributed by atoms with van der Waals surface area (Å²) in [7, 11) is 0. The fourth-order valence-electron chi connectivity index (χ4n) is 2.52. The maximum absolute atomic E-state index is 13.6. The van der Waals surface area contributed by atoms with Crippen LogP contribution in [-0.2, 0) is 6.54 Å². The van der Waals surface area contributed by atoms with Crippen LogP contribution < -0.4 is 10.6 Å². The van der Waals surface area contributed by atoms with E-state index in [4.69, 9.17) is 0 Å². The number of anilines is 1. The van der Waals surface area contributed by atoms with Crippen molar-refractivity contribution in [1.29, 1.82) is 0 Å². The number of pyridine rings is 1. The minimum Gasteiger partial charge on any atom is -0.350 e. The van der Waals surface area contributed by atoms with Gasteiger partial charge in [-0.1, -0.05) is 12.1 Å². The van der Waals surface area contributed by atoms with Crippen molar-refractivity contribution in [3.8, 4) is 0 Å². The Morgan fingerprint density at radius 2 is 2.18 bits per heavy atom. The zero-order chi connectivity index (χ0) is 14.9. The van der Waals surface area contributed by atoms with Crippen LogP contribution in [0.4, 0.5) is 10.1 Å². The number of fused-ring (bicyclic) bond motifs is 1. The van der Waals surface area contributed by atoms with Gasteiger partial charge in [0.1, 0.15) is 5.82 Å². The molecule has 2 aromatic rings. The molecule has 2 N–H and O–H groups in total. The Labute approximate surface area is 132 Å². The summed E-state index contributed by atoms with van der Waals surface area (Å²) < 4.78 is 18.0. The summed E-state index contributed by atoms with van der Waals surface area (Å²) in [6.07, 6.45) is 4.09. The monoisotopic (exact) mass is 314 g/mol. The van der Waals surface area contributed by atoms with Crippen molar-refractivity contribution in [1.82, 2.24) is 10.3 Å². The first kappa shape index (κ1) is 13.6. The quantitative estimate of drug-likeness (QED) is 0.849. The van der Waals surface area contributed by atoms with E-state index in [0.717, 1.165) is 10.6 Å². The molecular weight excluding hydrogens is 299 g/mol. The molecule has 0 atom stereocenters. The number of hydrogen-bond acceptors (Lipinski definition) is 5. The third-order valence-corrected chi connectivity index (χ3v) is 4.62. The largest absolute Gasteiger partial charge is 0.350 e. The number of aromatic nitrogens is 1. The van der Waals surface area contributed by atoms with E-state index >= 15 is 0 Å². The van der Waals surface area contributed by atoms with Crippen molar-refractivity contribution in [3.05, 3.63) is 53.6 Å². The number of hydrogen-bond donors (Lipinski definition) is 2. The molecule has 1 aromatic heterocycles. The minimum atomic E-state index is -0.307. The summed E-state index contributed by atoms with van der Waals surface area (Å²) in [5.74, 6) is 1.00. The average molecular weight is 314 g/mol. The van der Waals surface area contributed by atoms with Gasteiger partial charge >= 0.3 is 0 Å². The van der Waals surface area contributed by atoms with E-state index in [0.29, 0.717) is 24.1 Å². The number of para-hydroxylation sites is 1.